The lowest BCUT2D eigenvalue weighted by molar-refractivity contribution is -0.126. The van der Waals surface area contributed by atoms with E-state index in [1.807, 2.05) is 0 Å². The van der Waals surface area contributed by atoms with Crippen LogP contribution in [0, 0.1) is 17.6 Å². The normalized spacial score (nSPS) is 17.6. The van der Waals surface area contributed by atoms with E-state index in [4.69, 9.17) is 9.47 Å². The lowest BCUT2D eigenvalue weighted by Gasteiger charge is -2.30. The highest BCUT2D eigenvalue weighted by Crippen LogP contribution is 2.33. The maximum atomic E-state index is 13.3. The molecule has 2 aliphatic rings. The van der Waals surface area contributed by atoms with E-state index in [1.165, 1.54) is 16.4 Å². The van der Waals surface area contributed by atoms with Crippen LogP contribution in [-0.4, -0.2) is 44.9 Å². The highest BCUT2D eigenvalue weighted by atomic mass is 32.2. The van der Waals surface area contributed by atoms with Crippen LogP contribution in [0.3, 0.4) is 0 Å². The average molecular weight is 467 g/mol. The average Bonchev–Trinajstić information content (AvgIpc) is 3.02. The molecule has 2 aromatic rings. The first-order chi connectivity index (χ1) is 15.3. The quantitative estimate of drug-likeness (QED) is 0.733. The van der Waals surface area contributed by atoms with Crippen molar-refractivity contribution in [2.45, 2.75) is 30.7 Å². The van der Waals surface area contributed by atoms with E-state index in [2.05, 4.69) is 5.32 Å². The van der Waals surface area contributed by atoms with Gasteiger partial charge in [-0.2, -0.15) is 4.31 Å². The fourth-order valence-electron chi connectivity index (χ4n) is 3.86. The Balaban J connectivity index is 1.35. The van der Waals surface area contributed by atoms with Crippen molar-refractivity contribution in [1.82, 2.24) is 9.62 Å². The van der Waals surface area contributed by atoms with Crippen LogP contribution in [0.5, 0.6) is 11.5 Å². The zero-order chi connectivity index (χ0) is 22.7. The first kappa shape index (κ1) is 22.5. The third-order valence-electron chi connectivity index (χ3n) is 5.57. The van der Waals surface area contributed by atoms with Crippen molar-refractivity contribution in [2.75, 3.05) is 26.3 Å². The first-order valence-corrected chi connectivity index (χ1v) is 11.9. The Morgan fingerprint density at radius 3 is 2.34 bits per heavy atom. The summed E-state index contributed by atoms with van der Waals surface area (Å²) in [4.78, 5) is 12.6. The number of nitrogens with zero attached hydrogens (tertiary/aromatic N) is 1. The smallest absolute Gasteiger partial charge is 0.243 e. The topological polar surface area (TPSA) is 84.9 Å². The molecule has 1 fully saturated rings. The molecule has 10 heteroatoms. The molecular formula is C22H24F2N2O5S. The Morgan fingerprint density at radius 1 is 1.00 bits per heavy atom. The van der Waals surface area contributed by atoms with E-state index >= 15 is 0 Å². The van der Waals surface area contributed by atoms with Crippen LogP contribution in [0.25, 0.3) is 0 Å². The number of ether oxygens (including phenoxy) is 2. The Kier molecular flexibility index (Phi) is 6.61. The third kappa shape index (κ3) is 5.02. The molecule has 1 saturated heterocycles. The van der Waals surface area contributed by atoms with Gasteiger partial charge in [-0.05, 0) is 42.7 Å². The number of hydrogen-bond acceptors (Lipinski definition) is 5. The molecule has 0 aromatic heterocycles. The van der Waals surface area contributed by atoms with Gasteiger partial charge in [0.15, 0.2) is 11.5 Å². The van der Waals surface area contributed by atoms with E-state index in [1.54, 1.807) is 6.07 Å². The van der Waals surface area contributed by atoms with Gasteiger partial charge in [0.05, 0.1) is 18.1 Å². The van der Waals surface area contributed by atoms with E-state index in [0.717, 1.165) is 24.6 Å². The van der Waals surface area contributed by atoms with E-state index < -0.39 is 21.7 Å². The zero-order valence-electron chi connectivity index (χ0n) is 17.4. The van der Waals surface area contributed by atoms with Crippen LogP contribution in [0.15, 0.2) is 41.3 Å². The minimum atomic E-state index is -3.74. The highest BCUT2D eigenvalue weighted by Gasteiger charge is 2.32. The van der Waals surface area contributed by atoms with Crippen molar-refractivity contribution in [3.63, 3.8) is 0 Å². The van der Waals surface area contributed by atoms with Crippen LogP contribution >= 0.6 is 0 Å². The highest BCUT2D eigenvalue weighted by molar-refractivity contribution is 7.89. The summed E-state index contributed by atoms with van der Waals surface area (Å²) in [7, 11) is -3.74. The van der Waals surface area contributed by atoms with Gasteiger partial charge in [0.25, 0.3) is 0 Å². The summed E-state index contributed by atoms with van der Waals surface area (Å²) in [5.74, 6) is -1.11. The molecule has 0 unspecified atom stereocenters. The van der Waals surface area contributed by atoms with Gasteiger partial charge >= 0.3 is 0 Å². The fourth-order valence-corrected chi connectivity index (χ4v) is 5.34. The van der Waals surface area contributed by atoms with Gasteiger partial charge in [-0.25, -0.2) is 17.2 Å². The fraction of sp³-hybridized carbons (Fsp3) is 0.409. The zero-order valence-corrected chi connectivity index (χ0v) is 18.2. The van der Waals surface area contributed by atoms with E-state index in [9.17, 15) is 22.0 Å². The first-order valence-electron chi connectivity index (χ1n) is 10.5. The molecular weight excluding hydrogens is 442 g/mol. The summed E-state index contributed by atoms with van der Waals surface area (Å²) < 4.78 is 65.2. The van der Waals surface area contributed by atoms with Crippen LogP contribution in [0.1, 0.15) is 24.8 Å². The van der Waals surface area contributed by atoms with Gasteiger partial charge in [-0.3, -0.25) is 4.79 Å². The van der Waals surface area contributed by atoms with Crippen LogP contribution < -0.4 is 14.8 Å². The summed E-state index contributed by atoms with van der Waals surface area (Å²) in [5.41, 5.74) is 0.324. The minimum Gasteiger partial charge on any atom is -0.490 e. The molecule has 0 bridgehead atoms. The number of hydrogen-bond donors (Lipinski definition) is 1. The predicted octanol–water partition coefficient (Wildman–Crippen LogP) is 2.84. The number of sulfonamides is 1. The van der Waals surface area contributed by atoms with E-state index in [-0.39, 0.29) is 36.4 Å². The Labute approximate surface area is 185 Å². The molecule has 0 aliphatic carbocycles. The number of carbonyl (C=O) groups is 1. The maximum Gasteiger partial charge on any atom is 0.243 e. The standard InChI is InChI=1S/C22H24F2N2O5S/c23-17-10-15(11-18(24)12-17)14-25-22(27)16-4-6-26(7-5-16)32(28,29)19-2-3-20-21(13-19)31-9-1-8-30-20/h2-3,10-13,16H,1,4-9,14H2,(H,25,27). The molecule has 7 nitrogen and oxygen atoms in total. The second kappa shape index (κ2) is 9.41. The molecule has 2 aromatic carbocycles. The second-order valence-corrected chi connectivity index (χ2v) is 9.77. The Hall–Kier alpha value is -2.72. The molecule has 1 N–H and O–H groups in total. The Morgan fingerprint density at radius 2 is 1.66 bits per heavy atom. The summed E-state index contributed by atoms with van der Waals surface area (Å²) in [6.45, 7) is 1.37. The van der Waals surface area contributed by atoms with Gasteiger partial charge in [0.1, 0.15) is 11.6 Å². The number of rotatable bonds is 5. The number of halogens is 2. The van der Waals surface area contributed by atoms with Gasteiger partial charge in [-0.1, -0.05) is 0 Å². The molecule has 2 aliphatic heterocycles. The van der Waals surface area contributed by atoms with Crippen molar-refractivity contribution in [3.8, 4) is 11.5 Å². The molecule has 1 amide bonds. The molecule has 0 spiro atoms. The van der Waals surface area contributed by atoms with Gasteiger partial charge in [0, 0.05) is 44.1 Å². The van der Waals surface area contributed by atoms with Crippen molar-refractivity contribution < 1.29 is 31.5 Å². The summed E-state index contributed by atoms with van der Waals surface area (Å²) in [5, 5.41) is 2.68. The molecule has 0 atom stereocenters. The van der Waals surface area contributed by atoms with Crippen molar-refractivity contribution in [2.24, 2.45) is 5.92 Å². The Bertz CT molecular complexity index is 1080. The predicted molar refractivity (Wildman–Crippen MR) is 112 cm³/mol. The number of fused-ring (bicyclic) bond motifs is 1. The lowest BCUT2D eigenvalue weighted by atomic mass is 9.97. The molecule has 172 valence electrons. The summed E-state index contributed by atoms with van der Waals surface area (Å²) in [6.07, 6.45) is 1.43. The van der Waals surface area contributed by atoms with Crippen LogP contribution in [0.4, 0.5) is 8.78 Å². The van der Waals surface area contributed by atoms with Crippen LogP contribution in [0.2, 0.25) is 0 Å². The molecule has 4 rings (SSSR count). The number of benzene rings is 2. The number of nitrogens with one attached hydrogen (secondary N) is 1. The lowest BCUT2D eigenvalue weighted by Crippen LogP contribution is -2.42. The van der Waals surface area contributed by atoms with Crippen LogP contribution in [-0.2, 0) is 21.4 Å². The van der Waals surface area contributed by atoms with Crippen molar-refractivity contribution >= 4 is 15.9 Å². The SMILES string of the molecule is O=C(NCc1cc(F)cc(F)c1)C1CCN(S(=O)(=O)c2ccc3c(c2)OCCCO3)CC1. The molecule has 32 heavy (non-hydrogen) atoms. The summed E-state index contributed by atoms with van der Waals surface area (Å²) in [6, 6.07) is 7.67. The number of amides is 1. The van der Waals surface area contributed by atoms with Gasteiger partial charge in [-0.15, -0.1) is 0 Å². The summed E-state index contributed by atoms with van der Waals surface area (Å²) >= 11 is 0. The second-order valence-electron chi connectivity index (χ2n) is 7.83. The van der Waals surface area contributed by atoms with Crippen molar-refractivity contribution in [1.29, 1.82) is 0 Å². The largest absolute Gasteiger partial charge is 0.490 e. The number of carbonyl (C=O) groups excluding carboxylic acids is 1. The van der Waals surface area contributed by atoms with E-state index in [0.29, 0.717) is 43.1 Å². The maximum absolute atomic E-state index is 13.3. The minimum absolute atomic E-state index is 0.00320. The molecule has 0 radical (unpaired) electrons. The van der Waals surface area contributed by atoms with Crippen molar-refractivity contribution in [3.05, 3.63) is 53.6 Å². The monoisotopic (exact) mass is 466 g/mol. The molecule has 2 heterocycles. The molecule has 0 saturated carbocycles. The third-order valence-corrected chi connectivity index (χ3v) is 7.47. The van der Waals surface area contributed by atoms with Gasteiger partial charge < -0.3 is 14.8 Å². The van der Waals surface area contributed by atoms with Gasteiger partial charge in [0.2, 0.25) is 15.9 Å². The number of piperidine rings is 1.